The van der Waals surface area contributed by atoms with Gasteiger partial charge in [0.2, 0.25) is 0 Å². The summed E-state index contributed by atoms with van der Waals surface area (Å²) in [5, 5.41) is 10.8. The third-order valence-corrected chi connectivity index (χ3v) is 8.09. The Morgan fingerprint density at radius 1 is 1.08 bits per heavy atom. The third-order valence-electron chi connectivity index (χ3n) is 5.45. The molecule has 0 saturated carbocycles. The number of methoxy groups -OCH3 is 1. The molecule has 1 aliphatic heterocycles. The molecule has 0 aliphatic carbocycles. The summed E-state index contributed by atoms with van der Waals surface area (Å²) in [7, 11) is -3.12. The second kappa shape index (κ2) is 11.0. The van der Waals surface area contributed by atoms with Gasteiger partial charge in [0.15, 0.2) is 11.5 Å². The van der Waals surface area contributed by atoms with Crippen molar-refractivity contribution in [3.63, 3.8) is 0 Å². The molecule has 1 saturated heterocycles. The molecule has 0 N–H and O–H groups in total. The van der Waals surface area contributed by atoms with Crippen molar-refractivity contribution in [3.05, 3.63) is 96.8 Å². The first-order valence-corrected chi connectivity index (χ1v) is 13.9. The van der Waals surface area contributed by atoms with Gasteiger partial charge in [-0.05, 0) is 66.2 Å². The van der Waals surface area contributed by atoms with E-state index >= 15 is 0 Å². The van der Waals surface area contributed by atoms with Crippen molar-refractivity contribution in [2.24, 2.45) is 0 Å². The number of nitrogens with zero attached hydrogens (tertiary/aromatic N) is 2. The van der Waals surface area contributed by atoms with Gasteiger partial charge in [-0.2, -0.15) is 8.42 Å². The van der Waals surface area contributed by atoms with Crippen LogP contribution in [0.3, 0.4) is 0 Å². The number of benzene rings is 3. The zero-order valence-corrected chi connectivity index (χ0v) is 23.1. The van der Waals surface area contributed by atoms with E-state index in [0.29, 0.717) is 11.1 Å². The van der Waals surface area contributed by atoms with E-state index in [1.54, 1.807) is 0 Å². The fourth-order valence-corrected chi connectivity index (χ4v) is 5.80. The molecule has 1 fully saturated rings. The van der Waals surface area contributed by atoms with Crippen molar-refractivity contribution in [1.29, 1.82) is 0 Å². The maximum atomic E-state index is 12.9. The zero-order chi connectivity index (χ0) is 27.6. The number of halogens is 1. The Balaban J connectivity index is 1.56. The number of hydrogen-bond donors (Lipinski definition) is 0. The molecular formula is C25H19BrN2O8S2. The van der Waals surface area contributed by atoms with Crippen LogP contribution in [-0.4, -0.2) is 36.5 Å². The van der Waals surface area contributed by atoms with Crippen LogP contribution in [0.5, 0.6) is 11.5 Å². The molecule has 196 valence electrons. The minimum absolute atomic E-state index is 0.0392. The fourth-order valence-electron chi connectivity index (χ4n) is 3.56. The first kappa shape index (κ1) is 27.4. The minimum atomic E-state index is -4.42. The van der Waals surface area contributed by atoms with Gasteiger partial charge in [0.25, 0.3) is 16.8 Å². The Labute approximate surface area is 230 Å². The molecule has 38 heavy (non-hydrogen) atoms. The first-order chi connectivity index (χ1) is 18.0. The molecule has 4 rings (SSSR count). The Morgan fingerprint density at radius 3 is 2.53 bits per heavy atom. The van der Waals surface area contributed by atoms with Crippen molar-refractivity contribution in [1.82, 2.24) is 4.90 Å². The van der Waals surface area contributed by atoms with Gasteiger partial charge in [-0.1, -0.05) is 40.2 Å². The van der Waals surface area contributed by atoms with Crippen molar-refractivity contribution in [2.75, 3.05) is 7.11 Å². The summed E-state index contributed by atoms with van der Waals surface area (Å²) >= 11 is 4.16. The lowest BCUT2D eigenvalue weighted by Gasteiger charge is -2.13. The average Bonchev–Trinajstić information content (AvgIpc) is 3.12. The second-order valence-corrected chi connectivity index (χ2v) is 11.5. The monoisotopic (exact) mass is 618 g/mol. The summed E-state index contributed by atoms with van der Waals surface area (Å²) in [6.45, 7) is 1.61. The molecule has 3 aromatic carbocycles. The van der Waals surface area contributed by atoms with Crippen LogP contribution < -0.4 is 8.92 Å². The highest BCUT2D eigenvalue weighted by molar-refractivity contribution is 9.10. The van der Waals surface area contributed by atoms with E-state index in [0.717, 1.165) is 32.8 Å². The zero-order valence-electron chi connectivity index (χ0n) is 19.9. The van der Waals surface area contributed by atoms with Crippen LogP contribution in [-0.2, 0) is 21.5 Å². The van der Waals surface area contributed by atoms with Crippen LogP contribution in [0.4, 0.5) is 10.5 Å². The van der Waals surface area contributed by atoms with E-state index in [1.165, 1.54) is 50.4 Å². The molecule has 2 amide bonds. The Hall–Kier alpha value is -3.68. The van der Waals surface area contributed by atoms with E-state index < -0.39 is 26.2 Å². The molecule has 3 aromatic rings. The van der Waals surface area contributed by atoms with Gasteiger partial charge in [-0.25, -0.2) is 0 Å². The largest absolute Gasteiger partial charge is 0.493 e. The van der Waals surface area contributed by atoms with Crippen LogP contribution >= 0.6 is 27.7 Å². The van der Waals surface area contributed by atoms with Gasteiger partial charge in [0, 0.05) is 16.1 Å². The standard InChI is InChI=1S/C25H19BrN2O8S2/c1-15-6-8-19(13-20(15)28(31)32)38(33,34)36-21-9-7-16(11-22(21)35-2)12-23-24(29)27(25(30)37-23)14-17-4-3-5-18(26)10-17/h3-13H,14H2,1-2H3/b23-12-. The van der Waals surface area contributed by atoms with Crippen LogP contribution in [0.25, 0.3) is 6.08 Å². The predicted octanol–water partition coefficient (Wildman–Crippen LogP) is 5.68. The fraction of sp³-hybridized carbons (Fsp3) is 0.120. The van der Waals surface area contributed by atoms with E-state index in [2.05, 4.69) is 15.9 Å². The van der Waals surface area contributed by atoms with Crippen LogP contribution in [0.1, 0.15) is 16.7 Å². The summed E-state index contributed by atoms with van der Waals surface area (Å²) in [5.41, 5.74) is 1.19. The molecule has 0 unspecified atom stereocenters. The normalized spacial score (nSPS) is 14.7. The van der Waals surface area contributed by atoms with Crippen LogP contribution in [0, 0.1) is 17.0 Å². The molecule has 0 radical (unpaired) electrons. The molecule has 10 nitrogen and oxygen atoms in total. The van der Waals surface area contributed by atoms with Gasteiger partial charge in [-0.3, -0.25) is 24.6 Å². The summed E-state index contributed by atoms with van der Waals surface area (Å²) in [5.74, 6) is -0.573. The molecular weight excluding hydrogens is 600 g/mol. The SMILES string of the molecule is COc1cc(/C=C2\SC(=O)N(Cc3cccc(Br)c3)C2=O)ccc1OS(=O)(=O)c1ccc(C)c([N+](=O)[O-])c1. The van der Waals surface area contributed by atoms with Crippen molar-refractivity contribution in [2.45, 2.75) is 18.4 Å². The van der Waals surface area contributed by atoms with Gasteiger partial charge in [-0.15, -0.1) is 0 Å². The highest BCUT2D eigenvalue weighted by Gasteiger charge is 2.35. The number of nitro benzene ring substituents is 1. The molecule has 0 aromatic heterocycles. The second-order valence-electron chi connectivity index (χ2n) is 8.05. The number of imide groups is 1. The molecule has 0 bridgehead atoms. The summed E-state index contributed by atoms with van der Waals surface area (Å²) in [6.07, 6.45) is 1.50. The van der Waals surface area contributed by atoms with Gasteiger partial charge >= 0.3 is 10.1 Å². The lowest BCUT2D eigenvalue weighted by atomic mass is 10.1. The van der Waals surface area contributed by atoms with Gasteiger partial charge < -0.3 is 8.92 Å². The van der Waals surface area contributed by atoms with Gasteiger partial charge in [0.1, 0.15) is 4.90 Å². The number of amides is 2. The lowest BCUT2D eigenvalue weighted by Crippen LogP contribution is -2.27. The predicted molar refractivity (Wildman–Crippen MR) is 144 cm³/mol. The van der Waals surface area contributed by atoms with E-state index in [4.69, 9.17) is 8.92 Å². The Morgan fingerprint density at radius 2 is 1.84 bits per heavy atom. The Bertz CT molecular complexity index is 1600. The number of aryl methyl sites for hydroxylation is 1. The molecule has 0 atom stereocenters. The van der Waals surface area contributed by atoms with Crippen LogP contribution in [0.2, 0.25) is 0 Å². The summed E-state index contributed by atoms with van der Waals surface area (Å²) < 4.78 is 36.9. The number of nitro groups is 1. The van der Waals surface area contributed by atoms with Crippen molar-refractivity contribution >= 4 is 60.7 Å². The highest BCUT2D eigenvalue weighted by atomic mass is 79.9. The molecule has 13 heteroatoms. The maximum Gasteiger partial charge on any atom is 0.339 e. The number of rotatable bonds is 8. The molecule has 1 aliphatic rings. The smallest absolute Gasteiger partial charge is 0.339 e. The minimum Gasteiger partial charge on any atom is -0.493 e. The average molecular weight is 619 g/mol. The van der Waals surface area contributed by atoms with E-state index in [1.807, 2.05) is 24.3 Å². The number of carbonyl (C=O) groups excluding carboxylic acids is 2. The van der Waals surface area contributed by atoms with Crippen LogP contribution in [0.15, 0.2) is 74.9 Å². The quantitative estimate of drug-likeness (QED) is 0.135. The highest BCUT2D eigenvalue weighted by Crippen LogP contribution is 2.36. The number of carbonyl (C=O) groups is 2. The number of hydrogen-bond acceptors (Lipinski definition) is 9. The third kappa shape index (κ3) is 5.90. The number of thioether (sulfide) groups is 1. The van der Waals surface area contributed by atoms with Crippen molar-refractivity contribution < 1.29 is 31.9 Å². The van der Waals surface area contributed by atoms with Crippen molar-refractivity contribution in [3.8, 4) is 11.5 Å². The van der Waals surface area contributed by atoms with E-state index in [-0.39, 0.29) is 33.5 Å². The molecule has 1 heterocycles. The number of ether oxygens (including phenoxy) is 1. The molecule has 0 spiro atoms. The van der Waals surface area contributed by atoms with E-state index in [9.17, 15) is 28.1 Å². The Kier molecular flexibility index (Phi) is 7.90. The summed E-state index contributed by atoms with van der Waals surface area (Å²) in [4.78, 5) is 36.9. The summed E-state index contributed by atoms with van der Waals surface area (Å²) in [6, 6.07) is 15.0. The first-order valence-electron chi connectivity index (χ1n) is 10.9. The topological polar surface area (TPSA) is 133 Å². The lowest BCUT2D eigenvalue weighted by molar-refractivity contribution is -0.385. The van der Waals surface area contributed by atoms with Gasteiger partial charge in [0.05, 0.1) is 23.5 Å². The maximum absolute atomic E-state index is 12.9.